The lowest BCUT2D eigenvalue weighted by molar-refractivity contribution is 1.55. The third-order valence-corrected chi connectivity index (χ3v) is 3.98. The van der Waals surface area contributed by atoms with Gasteiger partial charge in [-0.1, -0.05) is 42.5 Å². The smallest absolute Gasteiger partial charge is 0.0273 e. The molecule has 0 N–H and O–H groups in total. The second-order valence-corrected chi connectivity index (χ2v) is 5.41. The van der Waals surface area contributed by atoms with Crippen molar-refractivity contribution in [3.05, 3.63) is 69.9 Å². The molecule has 0 aliphatic carbocycles. The third-order valence-electron chi connectivity index (χ3n) is 2.96. The number of aryl methyl sites for hydroxylation is 1. The Kier molecular flexibility index (Phi) is 2.99. The predicted octanol–water partition coefficient (Wildman–Crippen LogP) is 5.38. The molecular weight excluding hydrogens is 236 g/mol. The Labute approximate surface area is 111 Å². The summed E-state index contributed by atoms with van der Waals surface area (Å²) >= 11 is 1.79. The topological polar surface area (TPSA) is 0 Å². The van der Waals surface area contributed by atoms with E-state index in [9.17, 15) is 0 Å². The van der Waals surface area contributed by atoms with Gasteiger partial charge in [0, 0.05) is 4.88 Å². The molecule has 0 amide bonds. The van der Waals surface area contributed by atoms with Crippen LogP contribution in [0.5, 0.6) is 0 Å². The SMILES string of the molecule is Cc1csc(C=Cc2ccc3ccccc3c2)c1. The molecule has 0 unspecified atom stereocenters. The summed E-state index contributed by atoms with van der Waals surface area (Å²) in [6.45, 7) is 2.13. The highest BCUT2D eigenvalue weighted by Crippen LogP contribution is 2.19. The van der Waals surface area contributed by atoms with E-state index >= 15 is 0 Å². The Morgan fingerprint density at radius 3 is 2.50 bits per heavy atom. The van der Waals surface area contributed by atoms with E-state index in [-0.39, 0.29) is 0 Å². The van der Waals surface area contributed by atoms with Gasteiger partial charge in [0.1, 0.15) is 0 Å². The van der Waals surface area contributed by atoms with Gasteiger partial charge in [-0.05, 0) is 52.4 Å². The molecule has 0 fully saturated rings. The molecule has 18 heavy (non-hydrogen) atoms. The number of hydrogen-bond acceptors (Lipinski definition) is 1. The summed E-state index contributed by atoms with van der Waals surface area (Å²) < 4.78 is 0. The van der Waals surface area contributed by atoms with Gasteiger partial charge in [-0.25, -0.2) is 0 Å². The summed E-state index contributed by atoms with van der Waals surface area (Å²) in [5.41, 5.74) is 2.58. The molecule has 0 atom stereocenters. The lowest BCUT2D eigenvalue weighted by Crippen LogP contribution is -1.74. The second kappa shape index (κ2) is 4.79. The summed E-state index contributed by atoms with van der Waals surface area (Å²) in [7, 11) is 0. The Balaban J connectivity index is 1.93. The van der Waals surface area contributed by atoms with Gasteiger partial charge in [0.25, 0.3) is 0 Å². The molecule has 3 aromatic rings. The van der Waals surface area contributed by atoms with Crippen molar-refractivity contribution in [2.24, 2.45) is 0 Å². The number of thiophene rings is 1. The van der Waals surface area contributed by atoms with Crippen LogP contribution < -0.4 is 0 Å². The highest BCUT2D eigenvalue weighted by molar-refractivity contribution is 7.11. The van der Waals surface area contributed by atoms with Crippen molar-refractivity contribution in [2.45, 2.75) is 6.92 Å². The average Bonchev–Trinajstić information content (AvgIpc) is 2.82. The largest absolute Gasteiger partial charge is 0.144 e. The molecule has 1 heteroatoms. The first kappa shape index (κ1) is 11.2. The van der Waals surface area contributed by atoms with Gasteiger partial charge < -0.3 is 0 Å². The fraction of sp³-hybridized carbons (Fsp3) is 0.0588. The summed E-state index contributed by atoms with van der Waals surface area (Å²) in [6.07, 6.45) is 4.36. The fourth-order valence-electron chi connectivity index (χ4n) is 2.03. The van der Waals surface area contributed by atoms with E-state index in [2.05, 4.69) is 73.0 Å². The van der Waals surface area contributed by atoms with Crippen LogP contribution in [0.4, 0.5) is 0 Å². The monoisotopic (exact) mass is 250 g/mol. The maximum absolute atomic E-state index is 2.23. The van der Waals surface area contributed by atoms with Gasteiger partial charge in [-0.3, -0.25) is 0 Å². The van der Waals surface area contributed by atoms with Crippen LogP contribution in [0, 0.1) is 6.92 Å². The zero-order chi connectivity index (χ0) is 12.4. The van der Waals surface area contributed by atoms with E-state index in [4.69, 9.17) is 0 Å². The van der Waals surface area contributed by atoms with Crippen molar-refractivity contribution in [3.63, 3.8) is 0 Å². The van der Waals surface area contributed by atoms with Crippen LogP contribution >= 0.6 is 11.3 Å². The molecule has 0 radical (unpaired) electrons. The zero-order valence-corrected chi connectivity index (χ0v) is 11.1. The molecule has 1 heterocycles. The first-order valence-electron chi connectivity index (χ1n) is 6.03. The lowest BCUT2D eigenvalue weighted by atomic mass is 10.1. The van der Waals surface area contributed by atoms with Gasteiger partial charge in [0.05, 0.1) is 0 Å². The van der Waals surface area contributed by atoms with E-state index in [1.807, 2.05) is 0 Å². The summed E-state index contributed by atoms with van der Waals surface area (Å²) in [6, 6.07) is 17.2. The minimum Gasteiger partial charge on any atom is -0.144 e. The van der Waals surface area contributed by atoms with Crippen molar-refractivity contribution >= 4 is 34.3 Å². The molecule has 0 spiro atoms. The Morgan fingerprint density at radius 2 is 1.72 bits per heavy atom. The molecule has 2 aromatic carbocycles. The maximum Gasteiger partial charge on any atom is 0.0273 e. The van der Waals surface area contributed by atoms with Crippen LogP contribution in [-0.2, 0) is 0 Å². The second-order valence-electron chi connectivity index (χ2n) is 4.47. The third kappa shape index (κ3) is 2.36. The van der Waals surface area contributed by atoms with Gasteiger partial charge in [-0.15, -0.1) is 11.3 Å². The Hall–Kier alpha value is -1.86. The van der Waals surface area contributed by atoms with Crippen molar-refractivity contribution < 1.29 is 0 Å². The molecule has 0 saturated heterocycles. The van der Waals surface area contributed by atoms with Crippen molar-refractivity contribution in [2.75, 3.05) is 0 Å². The van der Waals surface area contributed by atoms with Gasteiger partial charge in [0.2, 0.25) is 0 Å². The van der Waals surface area contributed by atoms with E-state index in [0.29, 0.717) is 0 Å². The standard InChI is InChI=1S/C17H14S/c1-13-10-17(18-12-13)9-7-14-6-8-15-4-2-3-5-16(15)11-14/h2-12H,1H3. The van der Waals surface area contributed by atoms with Crippen molar-refractivity contribution in [1.29, 1.82) is 0 Å². The van der Waals surface area contributed by atoms with Crippen molar-refractivity contribution in [1.82, 2.24) is 0 Å². The van der Waals surface area contributed by atoms with Gasteiger partial charge in [-0.2, -0.15) is 0 Å². The molecule has 88 valence electrons. The van der Waals surface area contributed by atoms with Gasteiger partial charge in [0.15, 0.2) is 0 Å². The summed E-state index contributed by atoms with van der Waals surface area (Å²) in [5, 5.41) is 4.77. The number of rotatable bonds is 2. The zero-order valence-electron chi connectivity index (χ0n) is 10.3. The molecular formula is C17H14S. The van der Waals surface area contributed by atoms with Crippen LogP contribution in [0.15, 0.2) is 53.9 Å². The predicted molar refractivity (Wildman–Crippen MR) is 81.9 cm³/mol. The van der Waals surface area contributed by atoms with E-state index in [1.54, 1.807) is 11.3 Å². The molecule has 0 saturated carbocycles. The van der Waals surface area contributed by atoms with Crippen LogP contribution in [0.25, 0.3) is 22.9 Å². The highest BCUT2D eigenvalue weighted by atomic mass is 32.1. The van der Waals surface area contributed by atoms with Crippen LogP contribution in [0.1, 0.15) is 16.0 Å². The van der Waals surface area contributed by atoms with E-state index in [1.165, 1.54) is 26.8 Å². The number of fused-ring (bicyclic) bond motifs is 1. The molecule has 1 aromatic heterocycles. The van der Waals surface area contributed by atoms with E-state index in [0.717, 1.165) is 0 Å². The Morgan fingerprint density at radius 1 is 0.889 bits per heavy atom. The maximum atomic E-state index is 2.23. The first-order chi connectivity index (χ1) is 8.81. The molecule has 3 rings (SSSR count). The van der Waals surface area contributed by atoms with E-state index < -0.39 is 0 Å². The molecule has 0 bridgehead atoms. The summed E-state index contributed by atoms with van der Waals surface area (Å²) in [4.78, 5) is 1.31. The van der Waals surface area contributed by atoms with Crippen LogP contribution in [0.2, 0.25) is 0 Å². The van der Waals surface area contributed by atoms with Gasteiger partial charge >= 0.3 is 0 Å². The quantitative estimate of drug-likeness (QED) is 0.572. The van der Waals surface area contributed by atoms with Crippen molar-refractivity contribution in [3.8, 4) is 0 Å². The molecule has 0 aliphatic heterocycles. The average molecular weight is 250 g/mol. The summed E-state index contributed by atoms with van der Waals surface area (Å²) in [5.74, 6) is 0. The minimum absolute atomic E-state index is 1.25. The van der Waals surface area contributed by atoms with Crippen LogP contribution in [-0.4, -0.2) is 0 Å². The number of hydrogen-bond donors (Lipinski definition) is 0. The fourth-order valence-corrected chi connectivity index (χ4v) is 2.82. The lowest BCUT2D eigenvalue weighted by Gasteiger charge is -1.98. The number of benzene rings is 2. The molecule has 0 aliphatic rings. The molecule has 0 nitrogen and oxygen atoms in total. The van der Waals surface area contributed by atoms with Crippen LogP contribution in [0.3, 0.4) is 0 Å². The highest BCUT2D eigenvalue weighted by Gasteiger charge is 1.94. The Bertz CT molecular complexity index is 704. The normalized spacial score (nSPS) is 11.4. The first-order valence-corrected chi connectivity index (χ1v) is 6.91. The minimum atomic E-state index is 1.25.